The first-order valence-corrected chi connectivity index (χ1v) is 8.77. The molecule has 0 fully saturated rings. The van der Waals surface area contributed by atoms with Crippen molar-refractivity contribution in [2.24, 2.45) is 0 Å². The zero-order chi connectivity index (χ0) is 12.3. The summed E-state index contributed by atoms with van der Waals surface area (Å²) >= 11 is 3.31. The number of carbonyl (C=O) groups is 1. The van der Waals surface area contributed by atoms with Gasteiger partial charge in [-0.25, -0.2) is 0 Å². The summed E-state index contributed by atoms with van der Waals surface area (Å²) in [7, 11) is -1.82. The van der Waals surface area contributed by atoms with Gasteiger partial charge in [-0.2, -0.15) is 0 Å². The lowest BCUT2D eigenvalue weighted by molar-refractivity contribution is -0.108. The predicted molar refractivity (Wildman–Crippen MR) is 70.8 cm³/mol. The van der Waals surface area contributed by atoms with Crippen molar-refractivity contribution in [2.45, 2.75) is 51.4 Å². The molecule has 0 spiro atoms. The van der Waals surface area contributed by atoms with Crippen LogP contribution in [0.15, 0.2) is 11.1 Å². The van der Waals surface area contributed by atoms with Crippen LogP contribution >= 0.6 is 15.9 Å². The van der Waals surface area contributed by atoms with Crippen LogP contribution in [0.5, 0.6) is 0 Å². The van der Waals surface area contributed by atoms with Crippen LogP contribution in [0.4, 0.5) is 0 Å². The Labute approximate surface area is 102 Å². The number of aldehydes is 1. The maximum absolute atomic E-state index is 10.5. The Balaban J connectivity index is 4.66. The summed E-state index contributed by atoms with van der Waals surface area (Å²) in [5.74, 6) is 0. The van der Waals surface area contributed by atoms with Gasteiger partial charge in [0.1, 0.15) is 6.29 Å². The Kier molecular flexibility index (Phi) is 5.44. The summed E-state index contributed by atoms with van der Waals surface area (Å²) in [5.41, 5.74) is 0. The molecule has 0 aromatic carbocycles. The molecule has 0 aromatic rings. The minimum Gasteiger partial charge on any atom is -0.409 e. The molecule has 0 N–H and O–H groups in total. The first-order valence-electron chi connectivity index (χ1n) is 5.07. The van der Waals surface area contributed by atoms with E-state index in [1.807, 2.05) is 0 Å². The van der Waals surface area contributed by atoms with Crippen molar-refractivity contribution in [3.8, 4) is 0 Å². The first-order chi connectivity index (χ1) is 6.62. The fourth-order valence-electron chi connectivity index (χ4n) is 0.860. The zero-order valence-corrected chi connectivity index (χ0v) is 12.8. The van der Waals surface area contributed by atoms with E-state index in [0.717, 1.165) is 10.8 Å². The fraction of sp³-hybridized carbons (Fsp3) is 0.727. The molecular weight excluding hydrogens is 272 g/mol. The molecule has 0 rings (SSSR count). The Bertz CT molecular complexity index is 243. The Morgan fingerprint density at radius 3 is 2.27 bits per heavy atom. The van der Waals surface area contributed by atoms with E-state index in [-0.39, 0.29) is 11.1 Å². The van der Waals surface area contributed by atoms with Crippen molar-refractivity contribution in [3.05, 3.63) is 11.1 Å². The second kappa shape index (κ2) is 5.41. The molecule has 0 saturated carbocycles. The van der Waals surface area contributed by atoms with Crippen molar-refractivity contribution in [1.82, 2.24) is 0 Å². The molecule has 0 saturated heterocycles. The molecule has 88 valence electrons. The van der Waals surface area contributed by atoms with Gasteiger partial charge in [-0.05, 0) is 18.1 Å². The molecule has 0 aliphatic carbocycles. The van der Waals surface area contributed by atoms with Gasteiger partial charge >= 0.3 is 0 Å². The van der Waals surface area contributed by atoms with Gasteiger partial charge in [0.25, 0.3) is 0 Å². The summed E-state index contributed by atoms with van der Waals surface area (Å²) in [5, 5.41) is 0.149. The Morgan fingerprint density at radius 1 is 1.53 bits per heavy atom. The largest absolute Gasteiger partial charge is 0.409 e. The minimum atomic E-state index is -1.82. The SMILES string of the molecule is C=C(Br)C(CC=O)O[Si](C)(C)C(C)(C)C. The molecule has 0 radical (unpaired) electrons. The van der Waals surface area contributed by atoms with Crippen LogP contribution in [-0.4, -0.2) is 20.7 Å². The van der Waals surface area contributed by atoms with Crippen LogP contribution < -0.4 is 0 Å². The highest BCUT2D eigenvalue weighted by Gasteiger charge is 2.39. The van der Waals surface area contributed by atoms with E-state index in [1.54, 1.807) is 0 Å². The maximum atomic E-state index is 10.5. The van der Waals surface area contributed by atoms with Crippen molar-refractivity contribution in [3.63, 3.8) is 0 Å². The molecule has 0 aromatic heterocycles. The molecule has 2 nitrogen and oxygen atoms in total. The minimum absolute atomic E-state index is 0.149. The standard InChI is InChI=1S/C11H21BrO2Si/c1-9(12)10(7-8-13)14-15(5,6)11(2,3)4/h8,10H,1,7H2,2-6H3. The average Bonchev–Trinajstić information content (AvgIpc) is 2.00. The second-order valence-electron chi connectivity index (χ2n) is 5.22. The van der Waals surface area contributed by atoms with E-state index in [2.05, 4.69) is 56.4 Å². The van der Waals surface area contributed by atoms with Crippen LogP contribution in [0, 0.1) is 0 Å². The van der Waals surface area contributed by atoms with Crippen LogP contribution in [0.25, 0.3) is 0 Å². The van der Waals surface area contributed by atoms with E-state index in [1.165, 1.54) is 0 Å². The predicted octanol–water partition coefficient (Wildman–Crippen LogP) is 3.87. The molecule has 0 aliphatic rings. The van der Waals surface area contributed by atoms with Crippen LogP contribution in [-0.2, 0) is 9.22 Å². The highest BCUT2D eigenvalue weighted by Crippen LogP contribution is 2.38. The van der Waals surface area contributed by atoms with E-state index < -0.39 is 8.32 Å². The number of rotatable bonds is 5. The van der Waals surface area contributed by atoms with Crippen LogP contribution in [0.1, 0.15) is 27.2 Å². The lowest BCUT2D eigenvalue weighted by Crippen LogP contribution is -2.44. The van der Waals surface area contributed by atoms with Crippen LogP contribution in [0.2, 0.25) is 18.1 Å². The summed E-state index contributed by atoms with van der Waals surface area (Å²) in [6, 6.07) is 0. The highest BCUT2D eigenvalue weighted by molar-refractivity contribution is 9.11. The van der Waals surface area contributed by atoms with Gasteiger partial charge in [-0.3, -0.25) is 0 Å². The molecule has 0 bridgehead atoms. The summed E-state index contributed by atoms with van der Waals surface area (Å²) in [6.45, 7) is 14.7. The molecule has 15 heavy (non-hydrogen) atoms. The molecular formula is C11H21BrO2Si. The second-order valence-corrected chi connectivity index (χ2v) is 11.0. The smallest absolute Gasteiger partial charge is 0.192 e. The molecule has 1 atom stereocenters. The fourth-order valence-corrected chi connectivity index (χ4v) is 2.62. The molecule has 0 heterocycles. The van der Waals surface area contributed by atoms with Gasteiger partial charge in [-0.15, -0.1) is 0 Å². The quantitative estimate of drug-likeness (QED) is 0.568. The highest BCUT2D eigenvalue weighted by atomic mass is 79.9. The van der Waals surface area contributed by atoms with E-state index in [9.17, 15) is 4.79 Å². The number of halogens is 1. The Morgan fingerprint density at radius 2 is 2.00 bits per heavy atom. The van der Waals surface area contributed by atoms with Gasteiger partial charge in [0.2, 0.25) is 0 Å². The maximum Gasteiger partial charge on any atom is 0.192 e. The number of carbonyl (C=O) groups excluding carboxylic acids is 1. The zero-order valence-electron chi connectivity index (χ0n) is 10.3. The lowest BCUT2D eigenvalue weighted by Gasteiger charge is -2.38. The monoisotopic (exact) mass is 292 g/mol. The van der Waals surface area contributed by atoms with Crippen molar-refractivity contribution in [2.75, 3.05) is 0 Å². The summed E-state index contributed by atoms with van der Waals surface area (Å²) in [6.07, 6.45) is 1.06. The van der Waals surface area contributed by atoms with Crippen molar-refractivity contribution < 1.29 is 9.22 Å². The van der Waals surface area contributed by atoms with Gasteiger partial charge in [0, 0.05) is 10.9 Å². The van der Waals surface area contributed by atoms with Gasteiger partial charge in [0.05, 0.1) is 6.10 Å². The van der Waals surface area contributed by atoms with E-state index in [4.69, 9.17) is 4.43 Å². The molecule has 1 unspecified atom stereocenters. The third kappa shape index (κ3) is 4.62. The normalized spacial score (nSPS) is 14.8. The molecule has 0 aliphatic heterocycles. The molecule has 0 amide bonds. The third-order valence-electron chi connectivity index (χ3n) is 2.90. The number of hydrogen-bond donors (Lipinski definition) is 0. The molecule has 4 heteroatoms. The van der Waals surface area contributed by atoms with E-state index >= 15 is 0 Å². The van der Waals surface area contributed by atoms with Gasteiger partial charge < -0.3 is 9.22 Å². The summed E-state index contributed by atoms with van der Waals surface area (Å²) < 4.78 is 6.81. The number of hydrogen-bond acceptors (Lipinski definition) is 2. The third-order valence-corrected chi connectivity index (χ3v) is 7.90. The van der Waals surface area contributed by atoms with E-state index in [0.29, 0.717) is 6.42 Å². The van der Waals surface area contributed by atoms with Crippen LogP contribution in [0.3, 0.4) is 0 Å². The Hall–Kier alpha value is 0.0669. The summed E-state index contributed by atoms with van der Waals surface area (Å²) in [4.78, 5) is 10.5. The van der Waals surface area contributed by atoms with Crippen molar-refractivity contribution >= 4 is 30.5 Å². The average molecular weight is 293 g/mol. The van der Waals surface area contributed by atoms with Gasteiger partial charge in [0.15, 0.2) is 8.32 Å². The van der Waals surface area contributed by atoms with Crippen molar-refractivity contribution in [1.29, 1.82) is 0 Å². The topological polar surface area (TPSA) is 26.3 Å². The first kappa shape index (κ1) is 15.1. The lowest BCUT2D eigenvalue weighted by atomic mass is 10.2. The van der Waals surface area contributed by atoms with Gasteiger partial charge in [-0.1, -0.05) is 43.3 Å².